The van der Waals surface area contributed by atoms with Crippen LogP contribution in [0.15, 0.2) is 4.99 Å². The van der Waals surface area contributed by atoms with Crippen molar-refractivity contribution in [3.63, 3.8) is 0 Å². The molecule has 5 heteroatoms. The van der Waals surface area contributed by atoms with Crippen LogP contribution < -0.4 is 10.6 Å². The van der Waals surface area contributed by atoms with Crippen molar-refractivity contribution in [3.8, 4) is 0 Å². The molecular weight excluding hydrogens is 206 g/mol. The van der Waals surface area contributed by atoms with Crippen LogP contribution in [0.4, 0.5) is 0 Å². The molecule has 5 nitrogen and oxygen atoms in total. The van der Waals surface area contributed by atoms with E-state index in [0.29, 0.717) is 0 Å². The maximum Gasteiger partial charge on any atom is 0.190 e. The van der Waals surface area contributed by atoms with Gasteiger partial charge in [-0.3, -0.25) is 4.99 Å². The van der Waals surface area contributed by atoms with Crippen molar-refractivity contribution < 1.29 is 9.47 Å². The van der Waals surface area contributed by atoms with Gasteiger partial charge in [-0.25, -0.2) is 0 Å². The molecule has 0 bridgehead atoms. The second-order valence-electron chi connectivity index (χ2n) is 3.32. The topological polar surface area (TPSA) is 54.9 Å². The number of ether oxygens (including phenoxy) is 2. The molecule has 0 heterocycles. The molecule has 0 saturated heterocycles. The third kappa shape index (κ3) is 9.73. The Hall–Kier alpha value is -0.810. The highest BCUT2D eigenvalue weighted by Gasteiger charge is 1.95. The number of rotatable bonds is 9. The van der Waals surface area contributed by atoms with Gasteiger partial charge in [0.15, 0.2) is 5.96 Å². The summed E-state index contributed by atoms with van der Waals surface area (Å²) in [5.74, 6) is 0.840. The predicted octanol–water partition coefficient (Wildman–Crippen LogP) is 0.615. The van der Waals surface area contributed by atoms with Gasteiger partial charge in [0.05, 0.1) is 0 Å². The van der Waals surface area contributed by atoms with E-state index in [2.05, 4.69) is 15.6 Å². The zero-order valence-corrected chi connectivity index (χ0v) is 10.7. The van der Waals surface area contributed by atoms with E-state index >= 15 is 0 Å². The van der Waals surface area contributed by atoms with Gasteiger partial charge in [-0.15, -0.1) is 0 Å². The highest BCUT2D eigenvalue weighted by molar-refractivity contribution is 5.79. The summed E-state index contributed by atoms with van der Waals surface area (Å²) >= 11 is 0. The smallest absolute Gasteiger partial charge is 0.190 e. The predicted molar refractivity (Wildman–Crippen MR) is 67.0 cm³/mol. The molecule has 0 amide bonds. The molecule has 0 aromatic carbocycles. The fourth-order valence-electron chi connectivity index (χ4n) is 1.17. The van der Waals surface area contributed by atoms with Crippen molar-refractivity contribution in [2.24, 2.45) is 4.99 Å². The first-order valence-corrected chi connectivity index (χ1v) is 5.86. The van der Waals surface area contributed by atoms with Gasteiger partial charge in [-0.1, -0.05) is 0 Å². The Bertz CT molecular complexity index is 175. The zero-order valence-electron chi connectivity index (χ0n) is 10.7. The quantitative estimate of drug-likeness (QED) is 0.347. The van der Waals surface area contributed by atoms with E-state index in [1.165, 1.54) is 0 Å². The van der Waals surface area contributed by atoms with Crippen LogP contribution in [0.3, 0.4) is 0 Å². The fourth-order valence-corrected chi connectivity index (χ4v) is 1.17. The molecular formula is C11H25N3O2. The van der Waals surface area contributed by atoms with Crippen LogP contribution in [-0.4, -0.2) is 53.0 Å². The molecule has 16 heavy (non-hydrogen) atoms. The summed E-state index contributed by atoms with van der Waals surface area (Å²) < 4.78 is 10.2. The van der Waals surface area contributed by atoms with Crippen LogP contribution in [0, 0.1) is 0 Å². The number of aliphatic imine (C=N–C) groups is 1. The fraction of sp³-hybridized carbons (Fsp3) is 0.909. The Morgan fingerprint density at radius 2 is 1.75 bits per heavy atom. The maximum atomic E-state index is 5.25. The number of methoxy groups -OCH3 is 1. The third-order valence-corrected chi connectivity index (χ3v) is 2.00. The molecule has 0 fully saturated rings. The molecule has 0 aliphatic heterocycles. The lowest BCUT2D eigenvalue weighted by Crippen LogP contribution is -2.38. The van der Waals surface area contributed by atoms with E-state index in [-0.39, 0.29) is 0 Å². The Labute approximate surface area is 98.6 Å². The molecule has 0 aliphatic carbocycles. The van der Waals surface area contributed by atoms with Crippen LogP contribution >= 0.6 is 0 Å². The molecule has 0 unspecified atom stereocenters. The van der Waals surface area contributed by atoms with Gasteiger partial charge in [-0.05, 0) is 19.8 Å². The van der Waals surface area contributed by atoms with E-state index in [1.54, 1.807) is 14.2 Å². The molecule has 0 aromatic rings. The standard InChI is InChI=1S/C11H25N3O2/c1-4-16-10-6-8-14-11(12-2)13-7-5-9-15-3/h4-10H2,1-3H3,(H2,12,13,14). The summed E-state index contributed by atoms with van der Waals surface area (Å²) in [5.41, 5.74) is 0. The normalized spacial score (nSPS) is 11.6. The third-order valence-electron chi connectivity index (χ3n) is 2.00. The Kier molecular flexibility index (Phi) is 11.6. The lowest BCUT2D eigenvalue weighted by Gasteiger charge is -2.11. The summed E-state index contributed by atoms with van der Waals surface area (Å²) in [4.78, 5) is 4.12. The van der Waals surface area contributed by atoms with Crippen LogP contribution in [0.25, 0.3) is 0 Å². The van der Waals surface area contributed by atoms with Crippen molar-refractivity contribution in [2.75, 3.05) is 47.1 Å². The largest absolute Gasteiger partial charge is 0.385 e. The summed E-state index contributed by atoms with van der Waals surface area (Å²) in [6.45, 7) is 6.11. The van der Waals surface area contributed by atoms with Gasteiger partial charge in [0.2, 0.25) is 0 Å². The van der Waals surface area contributed by atoms with Gasteiger partial charge >= 0.3 is 0 Å². The first-order valence-electron chi connectivity index (χ1n) is 5.86. The summed E-state index contributed by atoms with van der Waals surface area (Å²) in [6, 6.07) is 0. The number of nitrogens with zero attached hydrogens (tertiary/aromatic N) is 1. The zero-order chi connectivity index (χ0) is 12.1. The minimum Gasteiger partial charge on any atom is -0.385 e. The highest BCUT2D eigenvalue weighted by atomic mass is 16.5. The number of nitrogens with one attached hydrogen (secondary N) is 2. The minimum absolute atomic E-state index is 0.772. The molecule has 0 aliphatic rings. The molecule has 0 spiro atoms. The van der Waals surface area contributed by atoms with Gasteiger partial charge in [0.1, 0.15) is 0 Å². The average Bonchev–Trinajstić information content (AvgIpc) is 2.31. The van der Waals surface area contributed by atoms with Crippen LogP contribution in [0.2, 0.25) is 0 Å². The first-order chi connectivity index (χ1) is 7.85. The Morgan fingerprint density at radius 3 is 2.25 bits per heavy atom. The maximum absolute atomic E-state index is 5.25. The molecule has 0 saturated carbocycles. The van der Waals surface area contributed by atoms with Gasteiger partial charge in [0, 0.05) is 47.1 Å². The summed E-state index contributed by atoms with van der Waals surface area (Å²) in [7, 11) is 3.48. The van der Waals surface area contributed by atoms with Crippen molar-refractivity contribution >= 4 is 5.96 Å². The van der Waals surface area contributed by atoms with E-state index < -0.39 is 0 Å². The van der Waals surface area contributed by atoms with E-state index in [1.807, 2.05) is 6.92 Å². The van der Waals surface area contributed by atoms with Crippen molar-refractivity contribution in [1.29, 1.82) is 0 Å². The second kappa shape index (κ2) is 12.3. The average molecular weight is 231 g/mol. The van der Waals surface area contributed by atoms with Crippen molar-refractivity contribution in [1.82, 2.24) is 10.6 Å². The number of hydrogen-bond donors (Lipinski definition) is 2. The van der Waals surface area contributed by atoms with Gasteiger partial charge in [-0.2, -0.15) is 0 Å². The highest BCUT2D eigenvalue weighted by Crippen LogP contribution is 1.81. The van der Waals surface area contributed by atoms with E-state index in [4.69, 9.17) is 9.47 Å². The van der Waals surface area contributed by atoms with Crippen molar-refractivity contribution in [2.45, 2.75) is 19.8 Å². The minimum atomic E-state index is 0.772. The van der Waals surface area contributed by atoms with Gasteiger partial charge < -0.3 is 20.1 Å². The molecule has 0 aromatic heterocycles. The molecule has 2 N–H and O–H groups in total. The van der Waals surface area contributed by atoms with E-state index in [0.717, 1.165) is 51.7 Å². The number of guanidine groups is 1. The second-order valence-corrected chi connectivity index (χ2v) is 3.32. The number of hydrogen-bond acceptors (Lipinski definition) is 3. The SMILES string of the molecule is CCOCCCNC(=NC)NCCCOC. The Morgan fingerprint density at radius 1 is 1.12 bits per heavy atom. The lowest BCUT2D eigenvalue weighted by atomic mass is 10.4. The summed E-state index contributed by atoms with van der Waals surface area (Å²) in [6.07, 6.45) is 1.97. The molecule has 0 atom stereocenters. The van der Waals surface area contributed by atoms with Crippen LogP contribution in [0.1, 0.15) is 19.8 Å². The van der Waals surface area contributed by atoms with Crippen LogP contribution in [-0.2, 0) is 9.47 Å². The van der Waals surface area contributed by atoms with Crippen molar-refractivity contribution in [3.05, 3.63) is 0 Å². The van der Waals surface area contributed by atoms with Crippen LogP contribution in [0.5, 0.6) is 0 Å². The van der Waals surface area contributed by atoms with Gasteiger partial charge in [0.25, 0.3) is 0 Å². The summed E-state index contributed by atoms with van der Waals surface area (Å²) in [5, 5.41) is 6.44. The monoisotopic (exact) mass is 231 g/mol. The van der Waals surface area contributed by atoms with E-state index in [9.17, 15) is 0 Å². The molecule has 96 valence electrons. The Balaban J connectivity index is 3.38. The molecule has 0 rings (SSSR count). The lowest BCUT2D eigenvalue weighted by molar-refractivity contribution is 0.145. The first kappa shape index (κ1) is 15.2. The molecule has 0 radical (unpaired) electrons.